The van der Waals surface area contributed by atoms with E-state index < -0.39 is 5.97 Å². The Balaban J connectivity index is 1.90. The monoisotopic (exact) mass is 325 g/mol. The summed E-state index contributed by atoms with van der Waals surface area (Å²) in [5.41, 5.74) is 2.51. The van der Waals surface area contributed by atoms with Gasteiger partial charge in [0.25, 0.3) is 0 Å². The molecule has 1 aliphatic rings. The number of hydrogen-bond donors (Lipinski definition) is 1. The summed E-state index contributed by atoms with van der Waals surface area (Å²) in [4.78, 5) is 18.0. The first-order valence-electron chi connectivity index (χ1n) is 8.33. The largest absolute Gasteiger partial charge is 0.481 e. The van der Waals surface area contributed by atoms with Crippen LogP contribution in [0.5, 0.6) is 0 Å². The summed E-state index contributed by atoms with van der Waals surface area (Å²) in [7, 11) is 0. The van der Waals surface area contributed by atoms with Gasteiger partial charge in [0.05, 0.1) is 17.5 Å². The molecule has 0 saturated carbocycles. The Hall–Kier alpha value is -2.70. The smallest absolute Gasteiger partial charge is 0.303 e. The van der Waals surface area contributed by atoms with Crippen LogP contribution >= 0.6 is 0 Å². The van der Waals surface area contributed by atoms with E-state index in [0.29, 0.717) is 12.2 Å². The maximum absolute atomic E-state index is 10.9. The van der Waals surface area contributed by atoms with Crippen molar-refractivity contribution < 1.29 is 9.90 Å². The van der Waals surface area contributed by atoms with Gasteiger partial charge >= 0.3 is 5.97 Å². The van der Waals surface area contributed by atoms with Crippen molar-refractivity contribution in [2.75, 3.05) is 18.0 Å². The molecule has 4 rings (SSSR count). The number of piperidine rings is 1. The third kappa shape index (κ3) is 2.55. The Morgan fingerprint density at radius 3 is 2.71 bits per heavy atom. The van der Waals surface area contributed by atoms with Crippen LogP contribution in [0.4, 0.5) is 5.82 Å². The first-order valence-corrected chi connectivity index (χ1v) is 8.33. The lowest BCUT2D eigenvalue weighted by Crippen LogP contribution is -2.30. The highest BCUT2D eigenvalue weighted by Crippen LogP contribution is 2.27. The SMILES string of the molecule is O=C(O)CCc1nnc2c(N3CCCCC3)nc3ccccc3n12. The van der Waals surface area contributed by atoms with Gasteiger partial charge in [-0.3, -0.25) is 9.20 Å². The zero-order valence-corrected chi connectivity index (χ0v) is 13.4. The highest BCUT2D eigenvalue weighted by atomic mass is 16.4. The number of carboxylic acids is 1. The van der Waals surface area contributed by atoms with E-state index in [2.05, 4.69) is 15.1 Å². The van der Waals surface area contributed by atoms with Crippen LogP contribution < -0.4 is 4.90 Å². The molecule has 124 valence electrons. The second-order valence-corrected chi connectivity index (χ2v) is 6.14. The molecular formula is C17H19N5O2. The van der Waals surface area contributed by atoms with E-state index in [9.17, 15) is 4.79 Å². The summed E-state index contributed by atoms with van der Waals surface area (Å²) in [5.74, 6) is 0.688. The zero-order valence-electron chi connectivity index (χ0n) is 13.4. The third-order valence-corrected chi connectivity index (χ3v) is 4.50. The van der Waals surface area contributed by atoms with Crippen LogP contribution in [0.3, 0.4) is 0 Å². The highest BCUT2D eigenvalue weighted by Gasteiger charge is 2.21. The second-order valence-electron chi connectivity index (χ2n) is 6.14. The molecule has 1 N–H and O–H groups in total. The second kappa shape index (κ2) is 6.07. The summed E-state index contributed by atoms with van der Waals surface area (Å²) >= 11 is 0. The number of benzene rings is 1. The normalized spacial score (nSPS) is 15.2. The zero-order chi connectivity index (χ0) is 16.5. The number of carboxylic acid groups (broad SMARTS) is 1. The molecule has 7 nitrogen and oxygen atoms in total. The Morgan fingerprint density at radius 2 is 1.92 bits per heavy atom. The lowest BCUT2D eigenvalue weighted by atomic mass is 10.1. The third-order valence-electron chi connectivity index (χ3n) is 4.50. The molecule has 1 aromatic carbocycles. The average molecular weight is 325 g/mol. The molecule has 0 bridgehead atoms. The highest BCUT2D eigenvalue weighted by molar-refractivity contribution is 5.83. The van der Waals surface area contributed by atoms with Crippen molar-refractivity contribution in [1.82, 2.24) is 19.6 Å². The van der Waals surface area contributed by atoms with Gasteiger partial charge in [-0.1, -0.05) is 12.1 Å². The predicted molar refractivity (Wildman–Crippen MR) is 90.3 cm³/mol. The molecule has 0 amide bonds. The number of anilines is 1. The van der Waals surface area contributed by atoms with Crippen LogP contribution in [0.1, 0.15) is 31.5 Å². The van der Waals surface area contributed by atoms with Crippen molar-refractivity contribution in [3.8, 4) is 0 Å². The quantitative estimate of drug-likeness (QED) is 0.792. The summed E-state index contributed by atoms with van der Waals surface area (Å²) in [5, 5.41) is 17.6. The van der Waals surface area contributed by atoms with Crippen molar-refractivity contribution in [2.24, 2.45) is 0 Å². The Morgan fingerprint density at radius 1 is 1.12 bits per heavy atom. The molecule has 0 unspecified atom stereocenters. The molecule has 3 aromatic rings. The van der Waals surface area contributed by atoms with Gasteiger partial charge in [-0.15, -0.1) is 10.2 Å². The number of fused-ring (bicyclic) bond motifs is 3. The van der Waals surface area contributed by atoms with E-state index in [0.717, 1.165) is 48.4 Å². The Bertz CT molecular complexity index is 899. The van der Waals surface area contributed by atoms with E-state index in [1.54, 1.807) is 0 Å². The molecule has 1 saturated heterocycles. The minimum Gasteiger partial charge on any atom is -0.481 e. The fourth-order valence-corrected chi connectivity index (χ4v) is 3.32. The van der Waals surface area contributed by atoms with E-state index in [1.807, 2.05) is 28.7 Å². The van der Waals surface area contributed by atoms with Crippen LogP contribution in [-0.2, 0) is 11.2 Å². The lowest BCUT2D eigenvalue weighted by Gasteiger charge is -2.28. The Kier molecular flexibility index (Phi) is 3.76. The fourth-order valence-electron chi connectivity index (χ4n) is 3.32. The summed E-state index contributed by atoms with van der Waals surface area (Å²) in [6, 6.07) is 7.86. The molecule has 7 heteroatoms. The van der Waals surface area contributed by atoms with Crippen LogP contribution in [0, 0.1) is 0 Å². The number of carbonyl (C=O) groups is 1. The number of nitrogens with zero attached hydrogens (tertiary/aromatic N) is 5. The first kappa shape index (κ1) is 14.9. The number of aryl methyl sites for hydroxylation is 1. The summed E-state index contributed by atoms with van der Waals surface area (Å²) in [6.45, 7) is 1.94. The van der Waals surface area contributed by atoms with Gasteiger partial charge in [-0.05, 0) is 31.4 Å². The van der Waals surface area contributed by atoms with Crippen molar-refractivity contribution >= 4 is 28.5 Å². The predicted octanol–water partition coefficient (Wildman–Crippen LogP) is 2.29. The van der Waals surface area contributed by atoms with Crippen LogP contribution in [-0.4, -0.2) is 43.7 Å². The average Bonchev–Trinajstić information content (AvgIpc) is 3.04. The molecule has 0 radical (unpaired) electrons. The molecule has 24 heavy (non-hydrogen) atoms. The van der Waals surface area contributed by atoms with Gasteiger partial charge in [0, 0.05) is 19.5 Å². The van der Waals surface area contributed by atoms with E-state index in [1.165, 1.54) is 6.42 Å². The Labute approximate surface area is 138 Å². The topological polar surface area (TPSA) is 83.6 Å². The summed E-state index contributed by atoms with van der Waals surface area (Å²) < 4.78 is 1.97. The maximum Gasteiger partial charge on any atom is 0.303 e. The molecule has 0 aliphatic carbocycles. The standard InChI is InChI=1S/C17H19N5O2/c23-15(24)9-8-14-19-20-17-16(21-10-4-1-5-11-21)18-12-6-2-3-7-13(12)22(14)17/h2-3,6-7H,1,4-5,8-11H2,(H,23,24). The molecule has 0 spiro atoms. The molecule has 2 aromatic heterocycles. The fraction of sp³-hybridized carbons (Fsp3) is 0.412. The van der Waals surface area contributed by atoms with E-state index >= 15 is 0 Å². The number of rotatable bonds is 4. The van der Waals surface area contributed by atoms with Gasteiger partial charge in [0.2, 0.25) is 5.65 Å². The maximum atomic E-state index is 10.9. The van der Waals surface area contributed by atoms with Gasteiger partial charge in [-0.25, -0.2) is 4.98 Å². The molecule has 1 aliphatic heterocycles. The minimum absolute atomic E-state index is 0.0382. The van der Waals surface area contributed by atoms with Crippen LogP contribution in [0.2, 0.25) is 0 Å². The van der Waals surface area contributed by atoms with Gasteiger partial charge in [0.1, 0.15) is 5.82 Å². The van der Waals surface area contributed by atoms with Gasteiger partial charge < -0.3 is 10.0 Å². The van der Waals surface area contributed by atoms with Crippen molar-refractivity contribution in [2.45, 2.75) is 32.1 Å². The van der Waals surface area contributed by atoms with Crippen molar-refractivity contribution in [1.29, 1.82) is 0 Å². The molecule has 1 fully saturated rings. The number of hydrogen-bond acceptors (Lipinski definition) is 5. The number of aliphatic carboxylic acids is 1. The molecular weight excluding hydrogens is 306 g/mol. The molecule has 3 heterocycles. The van der Waals surface area contributed by atoms with Crippen molar-refractivity contribution in [3.63, 3.8) is 0 Å². The molecule has 0 atom stereocenters. The summed E-state index contributed by atoms with van der Waals surface area (Å²) in [6.07, 6.45) is 3.94. The van der Waals surface area contributed by atoms with Gasteiger partial charge in [-0.2, -0.15) is 0 Å². The van der Waals surface area contributed by atoms with E-state index in [-0.39, 0.29) is 6.42 Å². The lowest BCUT2D eigenvalue weighted by molar-refractivity contribution is -0.137. The van der Waals surface area contributed by atoms with Crippen LogP contribution in [0.15, 0.2) is 24.3 Å². The van der Waals surface area contributed by atoms with Crippen LogP contribution in [0.25, 0.3) is 16.7 Å². The van der Waals surface area contributed by atoms with E-state index in [4.69, 9.17) is 10.1 Å². The van der Waals surface area contributed by atoms with Crippen molar-refractivity contribution in [3.05, 3.63) is 30.1 Å². The first-order chi connectivity index (χ1) is 11.7. The number of aromatic nitrogens is 4. The van der Waals surface area contributed by atoms with Gasteiger partial charge in [0.15, 0.2) is 5.82 Å². The minimum atomic E-state index is -0.832. The number of para-hydroxylation sites is 2.